The summed E-state index contributed by atoms with van der Waals surface area (Å²) in [5.41, 5.74) is 7.57. The van der Waals surface area contributed by atoms with Crippen LogP contribution in [0.5, 0.6) is 0 Å². The number of nitrogens with zero attached hydrogens (tertiary/aromatic N) is 2. The van der Waals surface area contributed by atoms with Crippen LogP contribution in [0.1, 0.15) is 30.9 Å². The molecule has 2 N–H and O–H groups in total. The molecule has 1 aromatic rings. The third-order valence-electron chi connectivity index (χ3n) is 4.39. The fourth-order valence-electron chi connectivity index (χ4n) is 3.16. The fourth-order valence-corrected chi connectivity index (χ4v) is 3.74. The molecule has 1 aromatic carbocycles. The Hall–Kier alpha value is -0.420. The van der Waals surface area contributed by atoms with Gasteiger partial charge in [-0.3, -0.25) is 0 Å². The molecule has 1 aliphatic heterocycles. The summed E-state index contributed by atoms with van der Waals surface area (Å²) >= 11 is 3.60. The van der Waals surface area contributed by atoms with Crippen molar-refractivity contribution in [3.63, 3.8) is 0 Å². The zero-order valence-corrected chi connectivity index (χ0v) is 14.8. The Morgan fingerprint density at radius 3 is 2.57 bits per heavy atom. The standard InChI is InChI=1S/C17H28BrN3/c1-20(2)13-14-7-10-21(11-8-14)12-9-17(19)15-5-3-4-6-16(15)18/h3-6,14,17H,7-13,19H2,1-2H3. The lowest BCUT2D eigenvalue weighted by Gasteiger charge is -2.33. The van der Waals surface area contributed by atoms with Gasteiger partial charge in [-0.25, -0.2) is 0 Å². The van der Waals surface area contributed by atoms with Crippen LogP contribution in [0.25, 0.3) is 0 Å². The van der Waals surface area contributed by atoms with E-state index in [1.807, 2.05) is 6.07 Å². The first kappa shape index (κ1) is 16.9. The van der Waals surface area contributed by atoms with Gasteiger partial charge < -0.3 is 15.5 Å². The second-order valence-corrected chi connectivity index (χ2v) is 7.32. The molecule has 2 rings (SSSR count). The van der Waals surface area contributed by atoms with Gasteiger partial charge in [0.2, 0.25) is 0 Å². The molecule has 1 atom stereocenters. The topological polar surface area (TPSA) is 32.5 Å². The van der Waals surface area contributed by atoms with E-state index >= 15 is 0 Å². The molecule has 0 aliphatic carbocycles. The lowest BCUT2D eigenvalue weighted by molar-refractivity contribution is 0.159. The number of nitrogens with two attached hydrogens (primary N) is 1. The molecule has 1 saturated heterocycles. The van der Waals surface area contributed by atoms with Crippen LogP contribution in [-0.2, 0) is 0 Å². The van der Waals surface area contributed by atoms with Gasteiger partial charge >= 0.3 is 0 Å². The third kappa shape index (κ3) is 5.37. The Morgan fingerprint density at radius 1 is 1.29 bits per heavy atom. The maximum Gasteiger partial charge on any atom is 0.0318 e. The van der Waals surface area contributed by atoms with E-state index in [9.17, 15) is 0 Å². The Kier molecular flexibility index (Phi) is 6.68. The van der Waals surface area contributed by atoms with Crippen molar-refractivity contribution in [2.24, 2.45) is 11.7 Å². The van der Waals surface area contributed by atoms with Crippen LogP contribution in [0, 0.1) is 5.92 Å². The molecular formula is C17H28BrN3. The Morgan fingerprint density at radius 2 is 1.95 bits per heavy atom. The summed E-state index contributed by atoms with van der Waals surface area (Å²) in [5, 5.41) is 0. The van der Waals surface area contributed by atoms with Crippen LogP contribution in [0.15, 0.2) is 28.7 Å². The summed E-state index contributed by atoms with van der Waals surface area (Å²) in [5.74, 6) is 0.869. The van der Waals surface area contributed by atoms with Gasteiger partial charge in [-0.05, 0) is 70.5 Å². The van der Waals surface area contributed by atoms with Crippen LogP contribution in [-0.4, -0.2) is 50.1 Å². The summed E-state index contributed by atoms with van der Waals surface area (Å²) in [6.45, 7) is 4.78. The van der Waals surface area contributed by atoms with Gasteiger partial charge in [0.25, 0.3) is 0 Å². The van der Waals surface area contributed by atoms with Crippen LogP contribution >= 0.6 is 15.9 Å². The fraction of sp³-hybridized carbons (Fsp3) is 0.647. The maximum atomic E-state index is 6.34. The summed E-state index contributed by atoms with van der Waals surface area (Å²) < 4.78 is 1.13. The lowest BCUT2D eigenvalue weighted by atomic mass is 9.96. The molecule has 1 aliphatic rings. The number of halogens is 1. The molecule has 1 unspecified atom stereocenters. The number of hydrogen-bond acceptors (Lipinski definition) is 3. The van der Waals surface area contributed by atoms with Gasteiger partial charge in [-0.1, -0.05) is 34.1 Å². The molecule has 0 amide bonds. The molecule has 1 fully saturated rings. The smallest absolute Gasteiger partial charge is 0.0318 e. The first-order valence-corrected chi connectivity index (χ1v) is 8.72. The quantitative estimate of drug-likeness (QED) is 0.852. The van der Waals surface area contributed by atoms with Crippen LogP contribution in [0.4, 0.5) is 0 Å². The van der Waals surface area contributed by atoms with E-state index in [4.69, 9.17) is 5.73 Å². The second-order valence-electron chi connectivity index (χ2n) is 6.46. The van der Waals surface area contributed by atoms with Crippen molar-refractivity contribution in [2.45, 2.75) is 25.3 Å². The molecule has 0 aromatic heterocycles. The van der Waals surface area contributed by atoms with Crippen LogP contribution in [0.2, 0.25) is 0 Å². The van der Waals surface area contributed by atoms with E-state index in [1.54, 1.807) is 0 Å². The van der Waals surface area contributed by atoms with E-state index in [2.05, 4.69) is 58.0 Å². The predicted molar refractivity (Wildman–Crippen MR) is 93.4 cm³/mol. The molecule has 4 heteroatoms. The van der Waals surface area contributed by atoms with Crippen molar-refractivity contribution in [3.8, 4) is 0 Å². The zero-order valence-electron chi connectivity index (χ0n) is 13.3. The van der Waals surface area contributed by atoms with Gasteiger partial charge in [0.1, 0.15) is 0 Å². The number of hydrogen-bond donors (Lipinski definition) is 1. The molecule has 0 bridgehead atoms. The highest BCUT2D eigenvalue weighted by Crippen LogP contribution is 2.25. The highest BCUT2D eigenvalue weighted by molar-refractivity contribution is 9.10. The first-order chi connectivity index (χ1) is 10.1. The van der Waals surface area contributed by atoms with Crippen molar-refractivity contribution in [3.05, 3.63) is 34.3 Å². The van der Waals surface area contributed by atoms with Crippen molar-refractivity contribution in [1.29, 1.82) is 0 Å². The van der Waals surface area contributed by atoms with E-state index in [0.29, 0.717) is 0 Å². The molecule has 1 heterocycles. The third-order valence-corrected chi connectivity index (χ3v) is 5.11. The van der Waals surface area contributed by atoms with Gasteiger partial charge in [0.15, 0.2) is 0 Å². The monoisotopic (exact) mass is 353 g/mol. The van der Waals surface area contributed by atoms with Crippen LogP contribution in [0.3, 0.4) is 0 Å². The van der Waals surface area contributed by atoms with Crippen molar-refractivity contribution in [1.82, 2.24) is 9.80 Å². The molecule has 0 spiro atoms. The van der Waals surface area contributed by atoms with E-state index in [1.165, 1.54) is 38.0 Å². The summed E-state index contributed by atoms with van der Waals surface area (Å²) in [4.78, 5) is 4.88. The first-order valence-electron chi connectivity index (χ1n) is 7.93. The Labute approximate surface area is 137 Å². The largest absolute Gasteiger partial charge is 0.324 e. The number of benzene rings is 1. The summed E-state index contributed by atoms with van der Waals surface area (Å²) in [6.07, 6.45) is 3.67. The van der Waals surface area contributed by atoms with E-state index in [0.717, 1.165) is 23.4 Å². The predicted octanol–water partition coefficient (Wildman–Crippen LogP) is 3.11. The Balaban J connectivity index is 1.73. The second kappa shape index (κ2) is 8.28. The van der Waals surface area contributed by atoms with E-state index < -0.39 is 0 Å². The molecular weight excluding hydrogens is 326 g/mol. The SMILES string of the molecule is CN(C)CC1CCN(CCC(N)c2ccccc2Br)CC1. The van der Waals surface area contributed by atoms with Gasteiger partial charge in [0, 0.05) is 17.1 Å². The number of piperidine rings is 1. The molecule has 0 saturated carbocycles. The number of rotatable bonds is 6. The molecule has 0 radical (unpaired) electrons. The molecule has 3 nitrogen and oxygen atoms in total. The van der Waals surface area contributed by atoms with Crippen molar-refractivity contribution in [2.75, 3.05) is 40.3 Å². The van der Waals surface area contributed by atoms with Crippen molar-refractivity contribution >= 4 is 15.9 Å². The highest BCUT2D eigenvalue weighted by Gasteiger charge is 2.20. The average Bonchev–Trinajstić information content (AvgIpc) is 2.46. The minimum Gasteiger partial charge on any atom is -0.324 e. The summed E-state index contributed by atoms with van der Waals surface area (Å²) in [6, 6.07) is 8.42. The normalized spacial score (nSPS) is 19.1. The number of likely N-dealkylation sites (tertiary alicyclic amines) is 1. The lowest BCUT2D eigenvalue weighted by Crippen LogP contribution is -2.38. The minimum atomic E-state index is 0.125. The average molecular weight is 354 g/mol. The van der Waals surface area contributed by atoms with Gasteiger partial charge in [0.05, 0.1) is 0 Å². The highest BCUT2D eigenvalue weighted by atomic mass is 79.9. The van der Waals surface area contributed by atoms with Crippen LogP contribution < -0.4 is 5.73 Å². The summed E-state index contributed by atoms with van der Waals surface area (Å²) in [7, 11) is 4.34. The molecule has 118 valence electrons. The van der Waals surface area contributed by atoms with Gasteiger partial charge in [-0.15, -0.1) is 0 Å². The molecule has 21 heavy (non-hydrogen) atoms. The Bertz CT molecular complexity index is 428. The van der Waals surface area contributed by atoms with E-state index in [-0.39, 0.29) is 6.04 Å². The minimum absolute atomic E-state index is 0.125. The van der Waals surface area contributed by atoms with Gasteiger partial charge in [-0.2, -0.15) is 0 Å². The van der Waals surface area contributed by atoms with Crippen molar-refractivity contribution < 1.29 is 0 Å². The zero-order chi connectivity index (χ0) is 15.2. The maximum absolute atomic E-state index is 6.34.